The first-order chi connectivity index (χ1) is 10.1. The Labute approximate surface area is 128 Å². The summed E-state index contributed by atoms with van der Waals surface area (Å²) < 4.78 is 14.0. The number of aromatic nitrogens is 1. The van der Waals surface area contributed by atoms with Crippen molar-refractivity contribution in [2.45, 2.75) is 20.0 Å². The maximum atomic E-state index is 14.0. The first-order valence-corrected chi connectivity index (χ1v) is 7.43. The van der Waals surface area contributed by atoms with Crippen molar-refractivity contribution in [1.29, 1.82) is 0 Å². The number of nitrogens with zero attached hydrogens (tertiary/aromatic N) is 2. The van der Waals surface area contributed by atoms with Crippen molar-refractivity contribution in [3.8, 4) is 11.8 Å². The number of halogens is 1. The molecule has 1 aromatic heterocycles. The highest BCUT2D eigenvalue weighted by atomic mass is 32.1. The molecule has 0 amide bonds. The van der Waals surface area contributed by atoms with E-state index in [1.807, 2.05) is 19.5 Å². The van der Waals surface area contributed by atoms with Crippen molar-refractivity contribution in [2.75, 3.05) is 13.7 Å². The molecule has 2 aromatic rings. The summed E-state index contributed by atoms with van der Waals surface area (Å²) in [4.78, 5) is 7.47. The summed E-state index contributed by atoms with van der Waals surface area (Å²) in [5.74, 6) is 4.94. The number of rotatable bonds is 4. The van der Waals surface area contributed by atoms with Crippen molar-refractivity contribution in [3.05, 3.63) is 51.2 Å². The van der Waals surface area contributed by atoms with Crippen LogP contribution >= 0.6 is 11.3 Å². The molecule has 0 aliphatic carbocycles. The quantitative estimate of drug-likeness (QED) is 0.882. The molecular weight excluding hydrogens is 287 g/mol. The Morgan fingerprint density at radius 1 is 1.38 bits per heavy atom. The van der Waals surface area contributed by atoms with Crippen LogP contribution in [0.15, 0.2) is 23.7 Å². The van der Waals surface area contributed by atoms with E-state index in [9.17, 15) is 4.39 Å². The van der Waals surface area contributed by atoms with Crippen LogP contribution in [0, 0.1) is 24.6 Å². The number of aliphatic hydroxyl groups is 1. The zero-order valence-corrected chi connectivity index (χ0v) is 12.9. The molecule has 0 aliphatic heterocycles. The van der Waals surface area contributed by atoms with Gasteiger partial charge >= 0.3 is 0 Å². The standard InChI is InChI=1S/C16H17FN2OS/c1-12-16(21-11-18-12)10-19(2)9-14-6-5-13(4-3-7-20)8-15(14)17/h5-6,8,11,20H,7,9-10H2,1-2H3. The second-order valence-corrected chi connectivity index (χ2v) is 5.74. The van der Waals surface area contributed by atoms with E-state index in [2.05, 4.69) is 21.7 Å². The molecule has 0 saturated heterocycles. The lowest BCUT2D eigenvalue weighted by molar-refractivity contribution is 0.315. The molecule has 0 radical (unpaired) electrons. The Kier molecular flexibility index (Phi) is 5.45. The minimum absolute atomic E-state index is 0.222. The third-order valence-corrected chi connectivity index (χ3v) is 3.98. The van der Waals surface area contributed by atoms with Crippen LogP contribution < -0.4 is 0 Å². The molecule has 5 heteroatoms. The van der Waals surface area contributed by atoms with E-state index in [0.29, 0.717) is 17.7 Å². The molecule has 21 heavy (non-hydrogen) atoms. The molecule has 0 spiro atoms. The lowest BCUT2D eigenvalue weighted by Gasteiger charge is -2.16. The summed E-state index contributed by atoms with van der Waals surface area (Å²) in [6, 6.07) is 4.92. The van der Waals surface area contributed by atoms with Gasteiger partial charge in [0.15, 0.2) is 0 Å². The molecule has 2 rings (SSSR count). The van der Waals surface area contributed by atoms with E-state index in [-0.39, 0.29) is 12.4 Å². The van der Waals surface area contributed by atoms with E-state index < -0.39 is 0 Å². The third-order valence-electron chi connectivity index (χ3n) is 3.06. The summed E-state index contributed by atoms with van der Waals surface area (Å²) in [7, 11) is 1.96. The molecule has 0 fully saturated rings. The van der Waals surface area contributed by atoms with Gasteiger partial charge in [-0.15, -0.1) is 11.3 Å². The fourth-order valence-corrected chi connectivity index (χ4v) is 2.82. The third kappa shape index (κ3) is 4.36. The summed E-state index contributed by atoms with van der Waals surface area (Å²) in [6.07, 6.45) is 0. The number of thiazole rings is 1. The van der Waals surface area contributed by atoms with E-state index in [1.165, 1.54) is 10.9 Å². The largest absolute Gasteiger partial charge is 0.384 e. The van der Waals surface area contributed by atoms with Gasteiger partial charge < -0.3 is 5.11 Å². The zero-order chi connectivity index (χ0) is 15.2. The average molecular weight is 304 g/mol. The molecule has 1 N–H and O–H groups in total. The number of aryl methyl sites for hydroxylation is 1. The SMILES string of the molecule is Cc1ncsc1CN(C)Cc1ccc(C#CCO)cc1F. The number of benzene rings is 1. The number of aliphatic hydroxyl groups excluding tert-OH is 1. The zero-order valence-electron chi connectivity index (χ0n) is 12.1. The first-order valence-electron chi connectivity index (χ1n) is 6.56. The van der Waals surface area contributed by atoms with Gasteiger partial charge in [0.25, 0.3) is 0 Å². The van der Waals surface area contributed by atoms with Crippen LogP contribution in [0.3, 0.4) is 0 Å². The van der Waals surface area contributed by atoms with Gasteiger partial charge in [-0.25, -0.2) is 9.37 Å². The van der Waals surface area contributed by atoms with Gasteiger partial charge in [0.05, 0.1) is 11.2 Å². The van der Waals surface area contributed by atoms with Gasteiger partial charge in [0.2, 0.25) is 0 Å². The van der Waals surface area contributed by atoms with E-state index in [1.54, 1.807) is 23.5 Å². The lowest BCUT2D eigenvalue weighted by atomic mass is 10.1. The minimum Gasteiger partial charge on any atom is -0.384 e. The second kappa shape index (κ2) is 7.32. The number of hydrogen-bond donors (Lipinski definition) is 1. The summed E-state index contributed by atoms with van der Waals surface area (Å²) in [5, 5.41) is 8.64. The van der Waals surface area contributed by atoms with Crippen LogP contribution in [0.2, 0.25) is 0 Å². The Hall–Kier alpha value is -1.74. The minimum atomic E-state index is -0.271. The number of hydrogen-bond acceptors (Lipinski definition) is 4. The lowest BCUT2D eigenvalue weighted by Crippen LogP contribution is -2.18. The van der Waals surface area contributed by atoms with Crippen molar-refractivity contribution < 1.29 is 9.50 Å². The van der Waals surface area contributed by atoms with Gasteiger partial charge in [-0.1, -0.05) is 17.9 Å². The maximum absolute atomic E-state index is 14.0. The van der Waals surface area contributed by atoms with Gasteiger partial charge in [0.1, 0.15) is 12.4 Å². The molecular formula is C16H17FN2OS. The van der Waals surface area contributed by atoms with Crippen LogP contribution in [-0.4, -0.2) is 28.6 Å². The fourth-order valence-electron chi connectivity index (χ4n) is 1.96. The predicted molar refractivity (Wildman–Crippen MR) is 82.4 cm³/mol. The summed E-state index contributed by atoms with van der Waals surface area (Å²) in [5.41, 5.74) is 4.07. The first kappa shape index (κ1) is 15.6. The smallest absolute Gasteiger partial charge is 0.128 e. The van der Waals surface area contributed by atoms with E-state index in [0.717, 1.165) is 12.2 Å². The average Bonchev–Trinajstić information content (AvgIpc) is 2.84. The highest BCUT2D eigenvalue weighted by molar-refractivity contribution is 7.09. The molecule has 0 aliphatic rings. The Morgan fingerprint density at radius 2 is 2.19 bits per heavy atom. The fraction of sp³-hybridized carbons (Fsp3) is 0.312. The van der Waals surface area contributed by atoms with Crippen molar-refractivity contribution in [1.82, 2.24) is 9.88 Å². The van der Waals surface area contributed by atoms with Crippen LogP contribution in [0.4, 0.5) is 4.39 Å². The molecule has 0 unspecified atom stereocenters. The Morgan fingerprint density at radius 3 is 2.81 bits per heavy atom. The van der Waals surface area contributed by atoms with Crippen LogP contribution in [0.25, 0.3) is 0 Å². The second-order valence-electron chi connectivity index (χ2n) is 4.80. The maximum Gasteiger partial charge on any atom is 0.128 e. The van der Waals surface area contributed by atoms with Gasteiger partial charge in [-0.05, 0) is 26.1 Å². The summed E-state index contributed by atoms with van der Waals surface area (Å²) >= 11 is 1.62. The monoisotopic (exact) mass is 304 g/mol. The Bertz CT molecular complexity index is 672. The normalized spacial score (nSPS) is 10.5. The van der Waals surface area contributed by atoms with Crippen LogP contribution in [0.5, 0.6) is 0 Å². The van der Waals surface area contributed by atoms with Crippen molar-refractivity contribution in [2.24, 2.45) is 0 Å². The van der Waals surface area contributed by atoms with Crippen molar-refractivity contribution >= 4 is 11.3 Å². The highest BCUT2D eigenvalue weighted by Crippen LogP contribution is 2.17. The van der Waals surface area contributed by atoms with E-state index >= 15 is 0 Å². The van der Waals surface area contributed by atoms with E-state index in [4.69, 9.17) is 5.11 Å². The Balaban J connectivity index is 2.04. The molecule has 0 bridgehead atoms. The summed E-state index contributed by atoms with van der Waals surface area (Å²) in [6.45, 7) is 3.04. The van der Waals surface area contributed by atoms with Gasteiger partial charge in [0, 0.05) is 29.1 Å². The molecule has 1 aromatic carbocycles. The van der Waals surface area contributed by atoms with Crippen molar-refractivity contribution in [3.63, 3.8) is 0 Å². The molecule has 3 nitrogen and oxygen atoms in total. The molecule has 110 valence electrons. The van der Waals surface area contributed by atoms with Crippen LogP contribution in [0.1, 0.15) is 21.7 Å². The van der Waals surface area contributed by atoms with Gasteiger partial charge in [-0.3, -0.25) is 4.90 Å². The molecule has 0 saturated carbocycles. The van der Waals surface area contributed by atoms with Crippen LogP contribution in [-0.2, 0) is 13.1 Å². The highest BCUT2D eigenvalue weighted by Gasteiger charge is 2.09. The predicted octanol–water partition coefficient (Wildman–Crippen LogP) is 2.57. The molecule has 1 heterocycles. The topological polar surface area (TPSA) is 36.4 Å². The molecule has 0 atom stereocenters. The van der Waals surface area contributed by atoms with Gasteiger partial charge in [-0.2, -0.15) is 0 Å².